The Morgan fingerprint density at radius 1 is 1.09 bits per heavy atom. The summed E-state index contributed by atoms with van der Waals surface area (Å²) in [4.78, 5) is 24.6. The Balaban J connectivity index is 1.57. The number of carboxylic acid groups (broad SMARTS) is 2. The predicted molar refractivity (Wildman–Crippen MR) is 85.6 cm³/mol. The molecule has 0 bridgehead atoms. The molecule has 0 amide bonds. The van der Waals surface area contributed by atoms with Gasteiger partial charge in [-0.3, -0.25) is 14.5 Å². The van der Waals surface area contributed by atoms with Gasteiger partial charge in [-0.05, 0) is 56.4 Å². The number of alkyl halides is 1. The number of aliphatic carboxylic acids is 2. The van der Waals surface area contributed by atoms with Crippen molar-refractivity contribution in [3.63, 3.8) is 0 Å². The Hall–Kier alpha value is -0.850. The zero-order valence-electron chi connectivity index (χ0n) is 13.2. The van der Waals surface area contributed by atoms with Crippen LogP contribution >= 0.6 is 11.6 Å². The average Bonchev–Trinajstić information content (AvgIpc) is 2.87. The summed E-state index contributed by atoms with van der Waals surface area (Å²) < 4.78 is 0. The fraction of sp³-hybridized carbons (Fsp3) is 0.875. The van der Waals surface area contributed by atoms with Crippen molar-refractivity contribution < 1.29 is 19.8 Å². The van der Waals surface area contributed by atoms with Gasteiger partial charge in [0, 0.05) is 18.5 Å². The maximum atomic E-state index is 11.4. The highest BCUT2D eigenvalue weighted by atomic mass is 35.5. The normalized spacial score (nSPS) is 41.4. The lowest BCUT2D eigenvalue weighted by Crippen LogP contribution is -2.50. The molecule has 7 heteroatoms. The molecule has 0 radical (unpaired) electrons. The van der Waals surface area contributed by atoms with Gasteiger partial charge in [-0.15, -0.1) is 11.6 Å². The fourth-order valence-electron chi connectivity index (χ4n) is 4.65. The first kappa shape index (κ1) is 17.0. The third-order valence-corrected chi connectivity index (χ3v) is 6.16. The van der Waals surface area contributed by atoms with E-state index >= 15 is 0 Å². The van der Waals surface area contributed by atoms with E-state index in [0.29, 0.717) is 37.1 Å². The summed E-state index contributed by atoms with van der Waals surface area (Å²) in [7, 11) is 0. The highest BCUT2D eigenvalue weighted by molar-refractivity contribution is 6.21. The van der Waals surface area contributed by atoms with E-state index in [2.05, 4.69) is 5.32 Å². The van der Waals surface area contributed by atoms with E-state index in [0.717, 1.165) is 32.4 Å². The van der Waals surface area contributed by atoms with E-state index in [-0.39, 0.29) is 5.38 Å². The Kier molecular flexibility index (Phi) is 5.13. The lowest BCUT2D eigenvalue weighted by Gasteiger charge is -2.42. The number of hydrogen-bond acceptors (Lipinski definition) is 4. The molecular formula is C16H25ClN2O4. The van der Waals surface area contributed by atoms with E-state index < -0.39 is 24.0 Å². The first-order valence-electron chi connectivity index (χ1n) is 8.51. The number of nitrogens with zero attached hydrogens (tertiary/aromatic N) is 1. The van der Waals surface area contributed by atoms with Crippen molar-refractivity contribution in [1.82, 2.24) is 10.2 Å². The zero-order valence-corrected chi connectivity index (χ0v) is 13.9. The number of fused-ring (bicyclic) bond motifs is 1. The Morgan fingerprint density at radius 3 is 2.57 bits per heavy atom. The van der Waals surface area contributed by atoms with Gasteiger partial charge in [0.05, 0.1) is 0 Å². The highest BCUT2D eigenvalue weighted by Crippen LogP contribution is 2.39. The predicted octanol–water partition coefficient (Wildman–Crippen LogP) is 1.23. The van der Waals surface area contributed by atoms with Crippen LogP contribution in [0.15, 0.2) is 0 Å². The Morgan fingerprint density at radius 2 is 1.87 bits per heavy atom. The van der Waals surface area contributed by atoms with Gasteiger partial charge in [0.25, 0.3) is 0 Å². The smallest absolute Gasteiger partial charge is 0.320 e. The molecule has 2 saturated heterocycles. The summed E-state index contributed by atoms with van der Waals surface area (Å²) >= 11 is 6.15. The quantitative estimate of drug-likeness (QED) is 0.665. The molecule has 3 N–H and O–H groups in total. The van der Waals surface area contributed by atoms with E-state index in [1.807, 2.05) is 4.90 Å². The summed E-state index contributed by atoms with van der Waals surface area (Å²) in [5, 5.41) is 21.6. The topological polar surface area (TPSA) is 89.9 Å². The maximum Gasteiger partial charge on any atom is 0.320 e. The fourth-order valence-corrected chi connectivity index (χ4v) is 5.00. The van der Waals surface area contributed by atoms with Gasteiger partial charge in [0.15, 0.2) is 0 Å². The van der Waals surface area contributed by atoms with Crippen LogP contribution < -0.4 is 5.32 Å². The molecule has 130 valence electrons. The summed E-state index contributed by atoms with van der Waals surface area (Å²) in [6.45, 7) is 2.20. The molecule has 23 heavy (non-hydrogen) atoms. The van der Waals surface area contributed by atoms with Gasteiger partial charge in [0.2, 0.25) is 0 Å². The molecule has 6 atom stereocenters. The third kappa shape index (κ3) is 3.80. The Bertz CT molecular complexity index is 475. The number of hydrogen-bond donors (Lipinski definition) is 3. The summed E-state index contributed by atoms with van der Waals surface area (Å²) in [5.41, 5.74) is 0. The lowest BCUT2D eigenvalue weighted by atomic mass is 9.69. The molecule has 0 aromatic carbocycles. The molecule has 0 spiro atoms. The summed E-state index contributed by atoms with van der Waals surface area (Å²) in [6.07, 6.45) is 4.41. The van der Waals surface area contributed by atoms with Gasteiger partial charge >= 0.3 is 11.9 Å². The van der Waals surface area contributed by atoms with Gasteiger partial charge in [-0.2, -0.15) is 0 Å². The number of halogens is 1. The molecule has 3 rings (SSSR count). The standard InChI is InChI=1S/C16H25ClN2O4/c17-12-5-14(16(22)23)19(8-12)7-9-1-2-10-6-18-13(15(20)21)4-11(10)3-9/h9-14,18H,1-8H2,(H,20,21)(H,22,23)/t9-,10-,11+,12+,13-,14-/m0/s1. The van der Waals surface area contributed by atoms with Gasteiger partial charge in [0.1, 0.15) is 12.1 Å². The molecule has 2 heterocycles. The number of rotatable bonds is 4. The highest BCUT2D eigenvalue weighted by Gasteiger charge is 2.41. The van der Waals surface area contributed by atoms with Crippen LogP contribution in [0, 0.1) is 17.8 Å². The van der Waals surface area contributed by atoms with Crippen molar-refractivity contribution >= 4 is 23.5 Å². The number of likely N-dealkylation sites (tertiary alicyclic amines) is 1. The second kappa shape index (κ2) is 6.95. The van der Waals surface area contributed by atoms with Gasteiger partial charge in [-0.1, -0.05) is 0 Å². The molecule has 6 nitrogen and oxygen atoms in total. The van der Waals surface area contributed by atoms with Crippen molar-refractivity contribution in [1.29, 1.82) is 0 Å². The van der Waals surface area contributed by atoms with Crippen LogP contribution in [0.25, 0.3) is 0 Å². The summed E-state index contributed by atoms with van der Waals surface area (Å²) in [5.74, 6) is -0.0893. The van der Waals surface area contributed by atoms with Crippen LogP contribution in [0.5, 0.6) is 0 Å². The number of carbonyl (C=O) groups is 2. The molecule has 0 aromatic rings. The third-order valence-electron chi connectivity index (χ3n) is 5.84. The van der Waals surface area contributed by atoms with Crippen molar-refractivity contribution in [2.75, 3.05) is 19.6 Å². The molecule has 0 aromatic heterocycles. The van der Waals surface area contributed by atoms with Gasteiger partial charge < -0.3 is 15.5 Å². The van der Waals surface area contributed by atoms with Crippen molar-refractivity contribution in [3.8, 4) is 0 Å². The Labute approximate surface area is 141 Å². The first-order chi connectivity index (χ1) is 10.9. The zero-order chi connectivity index (χ0) is 16.6. The molecular weight excluding hydrogens is 320 g/mol. The monoisotopic (exact) mass is 344 g/mol. The van der Waals surface area contributed by atoms with E-state index in [4.69, 9.17) is 11.6 Å². The summed E-state index contributed by atoms with van der Waals surface area (Å²) in [6, 6.07) is -0.893. The van der Waals surface area contributed by atoms with Crippen LogP contribution in [0.4, 0.5) is 0 Å². The van der Waals surface area contributed by atoms with E-state index in [1.54, 1.807) is 0 Å². The number of carboxylic acids is 2. The number of piperidine rings is 1. The molecule has 1 aliphatic carbocycles. The molecule has 3 aliphatic rings. The molecule has 0 unspecified atom stereocenters. The average molecular weight is 345 g/mol. The largest absolute Gasteiger partial charge is 0.480 e. The molecule has 1 saturated carbocycles. The van der Waals surface area contributed by atoms with Crippen molar-refractivity contribution in [2.24, 2.45) is 17.8 Å². The minimum Gasteiger partial charge on any atom is -0.480 e. The first-order valence-corrected chi connectivity index (χ1v) is 8.94. The van der Waals surface area contributed by atoms with Crippen LogP contribution in [0.3, 0.4) is 0 Å². The minimum absolute atomic E-state index is 0.0808. The van der Waals surface area contributed by atoms with Crippen LogP contribution in [-0.2, 0) is 9.59 Å². The van der Waals surface area contributed by atoms with Crippen LogP contribution in [0.1, 0.15) is 32.1 Å². The minimum atomic E-state index is -0.783. The number of nitrogens with one attached hydrogen (secondary N) is 1. The van der Waals surface area contributed by atoms with Crippen LogP contribution in [-0.4, -0.2) is 64.1 Å². The molecule has 2 aliphatic heterocycles. The maximum absolute atomic E-state index is 11.4. The van der Waals surface area contributed by atoms with Crippen molar-refractivity contribution in [3.05, 3.63) is 0 Å². The SMILES string of the molecule is O=C(O)[C@@H]1C[C@H]2C[C@@H](CN3C[C@H](Cl)C[C@H]3C(=O)O)CC[C@H]2CN1. The molecule has 3 fully saturated rings. The van der Waals surface area contributed by atoms with Crippen molar-refractivity contribution in [2.45, 2.75) is 49.6 Å². The second-order valence-corrected chi connectivity index (χ2v) is 7.99. The van der Waals surface area contributed by atoms with E-state index in [9.17, 15) is 19.8 Å². The van der Waals surface area contributed by atoms with E-state index in [1.165, 1.54) is 0 Å². The second-order valence-electron chi connectivity index (χ2n) is 7.37. The van der Waals surface area contributed by atoms with Crippen LogP contribution in [0.2, 0.25) is 0 Å². The van der Waals surface area contributed by atoms with Gasteiger partial charge in [-0.25, -0.2) is 0 Å². The lowest BCUT2D eigenvalue weighted by molar-refractivity contribution is -0.143.